The number of nitrogens with two attached hydrogens (primary N) is 1. The third-order valence-corrected chi connectivity index (χ3v) is 5.06. The SMILES string of the molecule is CCCCC(C)COC(=O)NCCNC(=O)CNC(=O)C(NC(=O)CCOCCOCCN)C(C)C. The van der Waals surface area contributed by atoms with E-state index in [4.69, 9.17) is 19.9 Å². The third-order valence-electron chi connectivity index (χ3n) is 5.06. The van der Waals surface area contributed by atoms with E-state index >= 15 is 0 Å². The summed E-state index contributed by atoms with van der Waals surface area (Å²) in [5, 5.41) is 10.4. The molecule has 4 amide bonds. The number of carbonyl (C=O) groups is 4. The monoisotopic (exact) mass is 517 g/mol. The minimum Gasteiger partial charge on any atom is -0.449 e. The van der Waals surface area contributed by atoms with Crippen LogP contribution in [0.25, 0.3) is 0 Å². The summed E-state index contributed by atoms with van der Waals surface area (Å²) in [5.74, 6) is -1.07. The van der Waals surface area contributed by atoms with Crippen molar-refractivity contribution in [3.05, 3.63) is 0 Å². The number of hydrogen-bond acceptors (Lipinski definition) is 8. The van der Waals surface area contributed by atoms with Gasteiger partial charge in [-0.2, -0.15) is 0 Å². The molecule has 0 heterocycles. The lowest BCUT2D eigenvalue weighted by molar-refractivity contribution is -0.131. The maximum Gasteiger partial charge on any atom is 0.407 e. The van der Waals surface area contributed by atoms with E-state index in [2.05, 4.69) is 28.2 Å². The van der Waals surface area contributed by atoms with Crippen molar-refractivity contribution in [2.75, 3.05) is 59.2 Å². The van der Waals surface area contributed by atoms with Gasteiger partial charge in [0, 0.05) is 26.1 Å². The highest BCUT2D eigenvalue weighted by Crippen LogP contribution is 2.07. The highest BCUT2D eigenvalue weighted by Gasteiger charge is 2.24. The number of ether oxygens (including phenoxy) is 3. The van der Waals surface area contributed by atoms with Crippen LogP contribution < -0.4 is 27.0 Å². The molecule has 2 atom stereocenters. The molecule has 0 bridgehead atoms. The van der Waals surface area contributed by atoms with E-state index in [1.807, 2.05) is 6.92 Å². The van der Waals surface area contributed by atoms with Crippen LogP contribution in [0.5, 0.6) is 0 Å². The number of amides is 4. The van der Waals surface area contributed by atoms with Crippen molar-refractivity contribution in [2.24, 2.45) is 17.6 Å². The average molecular weight is 518 g/mol. The zero-order valence-electron chi connectivity index (χ0n) is 22.4. The van der Waals surface area contributed by atoms with Gasteiger partial charge in [0.1, 0.15) is 6.04 Å². The van der Waals surface area contributed by atoms with Crippen LogP contribution in [0, 0.1) is 11.8 Å². The topological polar surface area (TPSA) is 170 Å². The molecule has 0 fully saturated rings. The molecule has 0 saturated heterocycles. The van der Waals surface area contributed by atoms with E-state index in [0.29, 0.717) is 38.9 Å². The Balaban J connectivity index is 4.07. The van der Waals surface area contributed by atoms with Crippen LogP contribution in [0.3, 0.4) is 0 Å². The Hall–Kier alpha value is -2.44. The van der Waals surface area contributed by atoms with Gasteiger partial charge in [-0.05, 0) is 18.3 Å². The first-order valence-electron chi connectivity index (χ1n) is 12.8. The van der Waals surface area contributed by atoms with Crippen molar-refractivity contribution in [3.8, 4) is 0 Å². The lowest BCUT2D eigenvalue weighted by Gasteiger charge is -2.21. The van der Waals surface area contributed by atoms with Crippen molar-refractivity contribution < 1.29 is 33.4 Å². The van der Waals surface area contributed by atoms with Crippen molar-refractivity contribution in [3.63, 3.8) is 0 Å². The Morgan fingerprint density at radius 1 is 0.861 bits per heavy atom. The molecule has 0 aliphatic heterocycles. The quantitative estimate of drug-likeness (QED) is 0.135. The van der Waals surface area contributed by atoms with Crippen molar-refractivity contribution >= 4 is 23.8 Å². The fourth-order valence-corrected chi connectivity index (χ4v) is 2.96. The maximum absolute atomic E-state index is 12.5. The second kappa shape index (κ2) is 21.8. The van der Waals surface area contributed by atoms with E-state index in [0.717, 1.165) is 19.3 Å². The molecule has 12 heteroatoms. The van der Waals surface area contributed by atoms with E-state index in [9.17, 15) is 19.2 Å². The summed E-state index contributed by atoms with van der Waals surface area (Å²) < 4.78 is 15.6. The first kappa shape index (κ1) is 33.6. The summed E-state index contributed by atoms with van der Waals surface area (Å²) >= 11 is 0. The van der Waals surface area contributed by atoms with Crippen LogP contribution in [0.2, 0.25) is 0 Å². The van der Waals surface area contributed by atoms with Gasteiger partial charge in [-0.3, -0.25) is 14.4 Å². The first-order chi connectivity index (χ1) is 17.2. The molecule has 210 valence electrons. The molecule has 0 aromatic carbocycles. The molecule has 0 radical (unpaired) electrons. The van der Waals surface area contributed by atoms with Crippen LogP contribution in [-0.2, 0) is 28.6 Å². The normalized spacial score (nSPS) is 12.5. The molecule has 0 spiro atoms. The first-order valence-corrected chi connectivity index (χ1v) is 12.8. The van der Waals surface area contributed by atoms with E-state index in [-0.39, 0.29) is 44.5 Å². The van der Waals surface area contributed by atoms with Crippen molar-refractivity contribution in [1.29, 1.82) is 0 Å². The Bertz CT molecular complexity index is 634. The van der Waals surface area contributed by atoms with Crippen molar-refractivity contribution in [2.45, 2.75) is 59.4 Å². The highest BCUT2D eigenvalue weighted by molar-refractivity contribution is 5.90. The molecule has 12 nitrogen and oxygen atoms in total. The van der Waals surface area contributed by atoms with Gasteiger partial charge in [-0.1, -0.05) is 40.5 Å². The molecular weight excluding hydrogens is 470 g/mol. The van der Waals surface area contributed by atoms with Crippen LogP contribution in [0.1, 0.15) is 53.4 Å². The predicted octanol–water partition coefficient (Wildman–Crippen LogP) is 0.294. The Labute approximate surface area is 215 Å². The number of alkyl carbamates (subject to hydrolysis) is 1. The van der Waals surface area contributed by atoms with Crippen molar-refractivity contribution in [1.82, 2.24) is 21.3 Å². The molecule has 2 unspecified atom stereocenters. The Morgan fingerprint density at radius 2 is 1.53 bits per heavy atom. The predicted molar refractivity (Wildman–Crippen MR) is 136 cm³/mol. The van der Waals surface area contributed by atoms with Gasteiger partial charge in [0.15, 0.2) is 0 Å². The van der Waals surface area contributed by atoms with Crippen LogP contribution in [0.15, 0.2) is 0 Å². The molecule has 36 heavy (non-hydrogen) atoms. The van der Waals surface area contributed by atoms with Gasteiger partial charge in [0.05, 0.1) is 39.6 Å². The summed E-state index contributed by atoms with van der Waals surface area (Å²) in [7, 11) is 0. The largest absolute Gasteiger partial charge is 0.449 e. The molecule has 0 aromatic rings. The second-order valence-corrected chi connectivity index (χ2v) is 8.89. The summed E-state index contributed by atoms with van der Waals surface area (Å²) in [5.41, 5.74) is 5.32. The van der Waals surface area contributed by atoms with Gasteiger partial charge in [-0.15, -0.1) is 0 Å². The fourth-order valence-electron chi connectivity index (χ4n) is 2.96. The lowest BCUT2D eigenvalue weighted by atomic mass is 10.0. The molecule has 0 saturated carbocycles. The Kier molecular flexibility index (Phi) is 20.3. The standard InChI is InChI=1S/C24H47N5O7/c1-5-6-7-19(4)17-36-24(33)27-11-10-26-21(31)16-28-23(32)22(18(2)3)29-20(30)8-12-34-14-15-35-13-9-25/h18-19,22H,5-17,25H2,1-4H3,(H,26,31)(H,27,33)(H,28,32)(H,29,30). The molecule has 6 N–H and O–H groups in total. The lowest BCUT2D eigenvalue weighted by Crippen LogP contribution is -2.51. The number of unbranched alkanes of at least 4 members (excludes halogenated alkanes) is 1. The van der Waals surface area contributed by atoms with Crippen LogP contribution in [0.4, 0.5) is 4.79 Å². The van der Waals surface area contributed by atoms with E-state index in [1.165, 1.54) is 0 Å². The number of hydrogen-bond donors (Lipinski definition) is 5. The number of nitrogens with one attached hydrogen (secondary N) is 4. The molecular formula is C24H47N5O7. The summed E-state index contributed by atoms with van der Waals surface area (Å²) in [6.45, 7) is 10.1. The van der Waals surface area contributed by atoms with Gasteiger partial charge >= 0.3 is 6.09 Å². The fraction of sp³-hybridized carbons (Fsp3) is 0.833. The Morgan fingerprint density at radius 3 is 2.17 bits per heavy atom. The molecule has 0 aliphatic rings. The van der Waals surface area contributed by atoms with Crippen LogP contribution in [-0.4, -0.2) is 89.1 Å². The average Bonchev–Trinajstić information content (AvgIpc) is 2.85. The van der Waals surface area contributed by atoms with Gasteiger partial charge in [0.25, 0.3) is 0 Å². The highest BCUT2D eigenvalue weighted by atomic mass is 16.5. The summed E-state index contributed by atoms with van der Waals surface area (Å²) in [6, 6.07) is -0.783. The third kappa shape index (κ3) is 18.8. The molecule has 0 rings (SSSR count). The zero-order chi connectivity index (χ0) is 27.2. The summed E-state index contributed by atoms with van der Waals surface area (Å²) in [4.78, 5) is 48.3. The minimum absolute atomic E-state index is 0.0982. The van der Waals surface area contributed by atoms with Crippen LogP contribution >= 0.6 is 0 Å². The van der Waals surface area contributed by atoms with Gasteiger partial charge in [-0.25, -0.2) is 4.79 Å². The number of rotatable bonds is 21. The van der Waals surface area contributed by atoms with Gasteiger partial charge in [0.2, 0.25) is 17.7 Å². The maximum atomic E-state index is 12.5. The van der Waals surface area contributed by atoms with Gasteiger partial charge < -0.3 is 41.2 Å². The molecule has 0 aliphatic carbocycles. The molecule has 0 aromatic heterocycles. The van der Waals surface area contributed by atoms with E-state index in [1.54, 1.807) is 13.8 Å². The minimum atomic E-state index is -0.783. The zero-order valence-corrected chi connectivity index (χ0v) is 22.4. The number of carbonyl (C=O) groups excluding carboxylic acids is 4. The smallest absolute Gasteiger partial charge is 0.407 e. The van der Waals surface area contributed by atoms with E-state index < -0.39 is 23.9 Å². The summed E-state index contributed by atoms with van der Waals surface area (Å²) in [6.07, 6.45) is 2.78. The second-order valence-electron chi connectivity index (χ2n) is 8.89.